The Bertz CT molecular complexity index is 445. The molecule has 0 amide bonds. The second-order valence-electron chi connectivity index (χ2n) is 6.88. The van der Waals surface area contributed by atoms with Crippen LogP contribution in [0.5, 0.6) is 0 Å². The lowest BCUT2D eigenvalue weighted by Crippen LogP contribution is -2.35. The molecule has 0 radical (unpaired) electrons. The van der Waals surface area contributed by atoms with Crippen molar-refractivity contribution in [2.75, 3.05) is 0 Å². The van der Waals surface area contributed by atoms with Crippen LogP contribution in [0, 0.1) is 18.8 Å². The predicted molar refractivity (Wildman–Crippen MR) is 89.2 cm³/mol. The van der Waals surface area contributed by atoms with Gasteiger partial charge in [0.25, 0.3) is 0 Å². The average molecular weight is 289 g/mol. The van der Waals surface area contributed by atoms with Crippen molar-refractivity contribution in [3.8, 4) is 0 Å². The number of aryl methyl sites for hydroxylation is 1. The highest BCUT2D eigenvalue weighted by Gasteiger charge is 2.30. The first-order valence-electron chi connectivity index (χ1n) is 8.49. The van der Waals surface area contributed by atoms with Gasteiger partial charge in [-0.05, 0) is 55.6 Å². The lowest BCUT2D eigenvalue weighted by Gasteiger charge is -2.36. The molecule has 1 aromatic carbocycles. The van der Waals surface area contributed by atoms with Crippen LogP contribution < -0.4 is 5.73 Å². The van der Waals surface area contributed by atoms with Gasteiger partial charge in [0.1, 0.15) is 0 Å². The molecule has 5 unspecified atom stereocenters. The zero-order chi connectivity index (χ0) is 15.4. The molecule has 0 saturated heterocycles. The monoisotopic (exact) mass is 289 g/mol. The van der Waals surface area contributed by atoms with Crippen molar-refractivity contribution < 1.29 is 4.74 Å². The Kier molecular flexibility index (Phi) is 5.83. The quantitative estimate of drug-likeness (QED) is 0.858. The molecular formula is C19H31NO. The molecule has 1 aromatic rings. The summed E-state index contributed by atoms with van der Waals surface area (Å²) in [5.41, 5.74) is 8.92. The van der Waals surface area contributed by atoms with Crippen LogP contribution in [0.15, 0.2) is 24.3 Å². The topological polar surface area (TPSA) is 35.2 Å². The number of hydrogen-bond acceptors (Lipinski definition) is 2. The first-order chi connectivity index (χ1) is 10.0. The van der Waals surface area contributed by atoms with Crippen molar-refractivity contribution in [1.29, 1.82) is 0 Å². The second-order valence-corrected chi connectivity index (χ2v) is 6.88. The summed E-state index contributed by atoms with van der Waals surface area (Å²) in [5, 5.41) is 0. The van der Waals surface area contributed by atoms with Gasteiger partial charge in [-0.3, -0.25) is 0 Å². The summed E-state index contributed by atoms with van der Waals surface area (Å²) in [7, 11) is 0. The van der Waals surface area contributed by atoms with E-state index >= 15 is 0 Å². The molecule has 0 aliphatic heterocycles. The lowest BCUT2D eigenvalue weighted by atomic mass is 9.80. The summed E-state index contributed by atoms with van der Waals surface area (Å²) >= 11 is 0. The molecule has 0 bridgehead atoms. The average Bonchev–Trinajstić information content (AvgIpc) is 2.48. The summed E-state index contributed by atoms with van der Waals surface area (Å²) in [6.07, 6.45) is 4.94. The van der Waals surface area contributed by atoms with E-state index in [1.54, 1.807) is 0 Å². The molecule has 1 aliphatic rings. The van der Waals surface area contributed by atoms with Crippen molar-refractivity contribution in [2.24, 2.45) is 17.6 Å². The fourth-order valence-electron chi connectivity index (χ4n) is 3.35. The zero-order valence-corrected chi connectivity index (χ0v) is 14.0. The fraction of sp³-hybridized carbons (Fsp3) is 0.684. The Balaban J connectivity index is 2.13. The SMILES string of the molecule is CCC(N)C(OC1CCC(C)C(C)C1)c1ccccc1C. The Hall–Kier alpha value is -0.860. The van der Waals surface area contributed by atoms with E-state index in [-0.39, 0.29) is 12.1 Å². The molecule has 0 aromatic heterocycles. The van der Waals surface area contributed by atoms with E-state index in [1.165, 1.54) is 30.4 Å². The van der Waals surface area contributed by atoms with Gasteiger partial charge in [-0.2, -0.15) is 0 Å². The highest BCUT2D eigenvalue weighted by atomic mass is 16.5. The van der Waals surface area contributed by atoms with E-state index in [9.17, 15) is 0 Å². The smallest absolute Gasteiger partial charge is 0.0981 e. The van der Waals surface area contributed by atoms with Gasteiger partial charge in [-0.15, -0.1) is 0 Å². The van der Waals surface area contributed by atoms with Gasteiger partial charge in [0.15, 0.2) is 0 Å². The van der Waals surface area contributed by atoms with Gasteiger partial charge in [-0.25, -0.2) is 0 Å². The summed E-state index contributed by atoms with van der Waals surface area (Å²) in [6, 6.07) is 8.56. The molecule has 118 valence electrons. The third-order valence-electron chi connectivity index (χ3n) is 5.24. The van der Waals surface area contributed by atoms with E-state index < -0.39 is 0 Å². The summed E-state index contributed by atoms with van der Waals surface area (Å²) in [5.74, 6) is 1.57. The van der Waals surface area contributed by atoms with Crippen molar-refractivity contribution in [2.45, 2.75) is 71.6 Å². The van der Waals surface area contributed by atoms with E-state index in [2.05, 4.69) is 52.0 Å². The number of rotatable bonds is 5. The van der Waals surface area contributed by atoms with Crippen LogP contribution in [-0.2, 0) is 4.74 Å². The standard InChI is InChI=1S/C19H31NO/c1-5-18(20)19(17-9-7-6-8-14(17)3)21-16-11-10-13(2)15(4)12-16/h6-9,13,15-16,18-19H,5,10-12,20H2,1-4H3. The van der Waals surface area contributed by atoms with Crippen molar-refractivity contribution in [3.05, 3.63) is 35.4 Å². The molecule has 5 atom stereocenters. The maximum Gasteiger partial charge on any atom is 0.0981 e. The minimum absolute atomic E-state index is 0.0295. The van der Waals surface area contributed by atoms with E-state index in [4.69, 9.17) is 10.5 Å². The summed E-state index contributed by atoms with van der Waals surface area (Å²) in [4.78, 5) is 0. The number of nitrogens with two attached hydrogens (primary N) is 1. The first kappa shape index (κ1) is 16.5. The molecule has 1 fully saturated rings. The molecule has 1 saturated carbocycles. The van der Waals surface area contributed by atoms with Crippen molar-refractivity contribution >= 4 is 0 Å². The van der Waals surface area contributed by atoms with Gasteiger partial charge >= 0.3 is 0 Å². The van der Waals surface area contributed by atoms with Crippen LogP contribution in [-0.4, -0.2) is 12.1 Å². The third kappa shape index (κ3) is 4.08. The first-order valence-corrected chi connectivity index (χ1v) is 8.49. The van der Waals surface area contributed by atoms with Crippen LogP contribution in [0.4, 0.5) is 0 Å². The van der Waals surface area contributed by atoms with Crippen LogP contribution in [0.2, 0.25) is 0 Å². The maximum absolute atomic E-state index is 6.50. The molecule has 2 rings (SSSR count). The van der Waals surface area contributed by atoms with Gasteiger partial charge < -0.3 is 10.5 Å². The molecule has 2 N–H and O–H groups in total. The van der Waals surface area contributed by atoms with Gasteiger partial charge in [0.05, 0.1) is 12.2 Å². The third-order valence-corrected chi connectivity index (χ3v) is 5.24. The predicted octanol–water partition coefficient (Wildman–Crippen LogP) is 4.61. The molecule has 2 heteroatoms. The Morgan fingerprint density at radius 2 is 1.90 bits per heavy atom. The molecule has 0 spiro atoms. The van der Waals surface area contributed by atoms with E-state index in [0.29, 0.717) is 6.10 Å². The maximum atomic E-state index is 6.50. The summed E-state index contributed by atoms with van der Waals surface area (Å²) < 4.78 is 6.50. The van der Waals surface area contributed by atoms with Gasteiger partial charge in [0, 0.05) is 6.04 Å². The number of benzene rings is 1. The van der Waals surface area contributed by atoms with Crippen molar-refractivity contribution in [3.63, 3.8) is 0 Å². The number of hydrogen-bond donors (Lipinski definition) is 1. The second kappa shape index (κ2) is 7.42. The van der Waals surface area contributed by atoms with Crippen molar-refractivity contribution in [1.82, 2.24) is 0 Å². The summed E-state index contributed by atoms with van der Waals surface area (Å²) in [6.45, 7) is 9.00. The molecule has 21 heavy (non-hydrogen) atoms. The Morgan fingerprint density at radius 3 is 2.52 bits per heavy atom. The molecule has 2 nitrogen and oxygen atoms in total. The highest BCUT2D eigenvalue weighted by Crippen LogP contribution is 2.35. The van der Waals surface area contributed by atoms with Crippen LogP contribution in [0.1, 0.15) is 63.7 Å². The van der Waals surface area contributed by atoms with Gasteiger partial charge in [-0.1, -0.05) is 45.0 Å². The van der Waals surface area contributed by atoms with E-state index in [0.717, 1.165) is 18.3 Å². The fourth-order valence-corrected chi connectivity index (χ4v) is 3.35. The van der Waals surface area contributed by atoms with Crippen LogP contribution in [0.25, 0.3) is 0 Å². The molecular weight excluding hydrogens is 258 g/mol. The Morgan fingerprint density at radius 1 is 1.19 bits per heavy atom. The lowest BCUT2D eigenvalue weighted by molar-refractivity contribution is -0.0596. The largest absolute Gasteiger partial charge is 0.369 e. The normalized spacial score (nSPS) is 29.1. The molecule has 1 aliphatic carbocycles. The Labute approximate surface area is 130 Å². The highest BCUT2D eigenvalue weighted by molar-refractivity contribution is 5.28. The van der Waals surface area contributed by atoms with Gasteiger partial charge in [0.2, 0.25) is 0 Å². The van der Waals surface area contributed by atoms with Crippen LogP contribution in [0.3, 0.4) is 0 Å². The molecule has 0 heterocycles. The zero-order valence-electron chi connectivity index (χ0n) is 14.0. The number of ether oxygens (including phenoxy) is 1. The minimum atomic E-state index is 0.0295. The van der Waals surface area contributed by atoms with E-state index in [1.807, 2.05) is 0 Å². The minimum Gasteiger partial charge on any atom is -0.369 e. The van der Waals surface area contributed by atoms with Crippen LogP contribution >= 0.6 is 0 Å².